The highest BCUT2D eigenvalue weighted by atomic mass is 19.1. The number of hydrogen-bond acceptors (Lipinski definition) is 4. The van der Waals surface area contributed by atoms with Gasteiger partial charge in [-0.1, -0.05) is 42.5 Å². The van der Waals surface area contributed by atoms with Gasteiger partial charge in [-0.15, -0.1) is 0 Å². The molecular weight excluding hydrogens is 355 g/mol. The molecule has 0 atom stereocenters. The maximum absolute atomic E-state index is 13.0. The highest BCUT2D eigenvalue weighted by molar-refractivity contribution is 5.92. The number of benzene rings is 2. The van der Waals surface area contributed by atoms with Gasteiger partial charge in [0.2, 0.25) is 0 Å². The molecule has 0 aliphatic rings. The number of amides is 1. The smallest absolute Gasteiger partial charge is 0.274 e. The Kier molecular flexibility index (Phi) is 6.32. The van der Waals surface area contributed by atoms with Crippen molar-refractivity contribution in [1.29, 1.82) is 0 Å². The van der Waals surface area contributed by atoms with Gasteiger partial charge in [0.15, 0.2) is 0 Å². The van der Waals surface area contributed by atoms with Crippen LogP contribution < -0.4 is 5.32 Å². The van der Waals surface area contributed by atoms with Crippen LogP contribution in [-0.2, 0) is 13.1 Å². The Morgan fingerprint density at radius 1 is 1.00 bits per heavy atom. The van der Waals surface area contributed by atoms with Crippen LogP contribution in [0.4, 0.5) is 10.2 Å². The number of anilines is 1. The minimum absolute atomic E-state index is 0.0331. The lowest BCUT2D eigenvalue weighted by Gasteiger charge is -2.26. The number of halogens is 1. The molecule has 0 fully saturated rings. The fraction of sp³-hybridized carbons (Fsp3) is 0.227. The fourth-order valence-electron chi connectivity index (χ4n) is 2.74. The summed E-state index contributed by atoms with van der Waals surface area (Å²) in [4.78, 5) is 23.2. The van der Waals surface area contributed by atoms with E-state index in [1.807, 2.05) is 44.2 Å². The van der Waals surface area contributed by atoms with Gasteiger partial charge in [0.25, 0.3) is 5.91 Å². The Labute approximate surface area is 164 Å². The van der Waals surface area contributed by atoms with Crippen molar-refractivity contribution in [1.82, 2.24) is 14.9 Å². The summed E-state index contributed by atoms with van der Waals surface area (Å²) in [5, 5.41) is 3.12. The van der Waals surface area contributed by atoms with Gasteiger partial charge in [-0.3, -0.25) is 4.79 Å². The maximum Gasteiger partial charge on any atom is 0.274 e. The average molecular weight is 378 g/mol. The van der Waals surface area contributed by atoms with Gasteiger partial charge in [-0.2, -0.15) is 0 Å². The normalized spacial score (nSPS) is 10.7. The first kappa shape index (κ1) is 19.5. The lowest BCUT2D eigenvalue weighted by Crippen LogP contribution is -2.36. The monoisotopic (exact) mass is 378 g/mol. The number of rotatable bonds is 7. The molecular formula is C22H23FN4O. The predicted octanol–water partition coefficient (Wildman–Crippen LogP) is 4.28. The number of carbonyl (C=O) groups is 1. The van der Waals surface area contributed by atoms with Crippen LogP contribution >= 0.6 is 0 Å². The molecule has 1 heterocycles. The fourth-order valence-corrected chi connectivity index (χ4v) is 2.74. The third-order valence-corrected chi connectivity index (χ3v) is 4.34. The van der Waals surface area contributed by atoms with E-state index in [0.717, 1.165) is 11.1 Å². The Bertz CT molecular complexity index is 896. The number of nitrogens with zero attached hydrogens (tertiary/aromatic N) is 3. The van der Waals surface area contributed by atoms with E-state index >= 15 is 0 Å². The molecule has 144 valence electrons. The summed E-state index contributed by atoms with van der Waals surface area (Å²) in [5.74, 6) is 0.132. The zero-order valence-electron chi connectivity index (χ0n) is 16.0. The van der Waals surface area contributed by atoms with Crippen molar-refractivity contribution in [3.8, 4) is 0 Å². The number of aromatic nitrogens is 2. The third kappa shape index (κ3) is 5.13. The van der Waals surface area contributed by atoms with E-state index in [1.165, 1.54) is 24.5 Å². The van der Waals surface area contributed by atoms with E-state index in [1.54, 1.807) is 17.0 Å². The largest absolute Gasteiger partial charge is 0.365 e. The van der Waals surface area contributed by atoms with Crippen molar-refractivity contribution in [2.75, 3.05) is 5.32 Å². The maximum atomic E-state index is 13.0. The zero-order valence-corrected chi connectivity index (χ0v) is 16.0. The van der Waals surface area contributed by atoms with Crippen LogP contribution in [0.2, 0.25) is 0 Å². The zero-order chi connectivity index (χ0) is 19.9. The summed E-state index contributed by atoms with van der Waals surface area (Å²) in [6.45, 7) is 4.97. The van der Waals surface area contributed by atoms with E-state index in [-0.39, 0.29) is 17.8 Å². The Balaban J connectivity index is 1.65. The van der Waals surface area contributed by atoms with Gasteiger partial charge < -0.3 is 10.2 Å². The van der Waals surface area contributed by atoms with E-state index in [9.17, 15) is 9.18 Å². The molecule has 28 heavy (non-hydrogen) atoms. The highest BCUT2D eigenvalue weighted by Gasteiger charge is 2.20. The van der Waals surface area contributed by atoms with Gasteiger partial charge in [-0.05, 0) is 37.1 Å². The van der Waals surface area contributed by atoms with E-state index < -0.39 is 0 Å². The molecule has 3 rings (SSSR count). The standard InChI is InChI=1S/C22H23FN4O/c1-16(2)27(15-18-6-4-3-5-7-18)22(28)20-13-26-21(14-24-20)25-12-17-8-10-19(23)11-9-17/h3-11,13-14,16H,12,15H2,1-2H3,(H,25,26). The summed E-state index contributed by atoms with van der Waals surface area (Å²) >= 11 is 0. The van der Waals surface area contributed by atoms with Crippen LogP contribution in [0.3, 0.4) is 0 Å². The van der Waals surface area contributed by atoms with Crippen LogP contribution in [0.15, 0.2) is 67.0 Å². The topological polar surface area (TPSA) is 58.1 Å². The molecule has 0 unspecified atom stereocenters. The van der Waals surface area contributed by atoms with Crippen LogP contribution in [0.5, 0.6) is 0 Å². The second kappa shape index (κ2) is 9.08. The number of carbonyl (C=O) groups excluding carboxylic acids is 1. The summed E-state index contributed by atoms with van der Waals surface area (Å²) in [5.41, 5.74) is 2.30. The van der Waals surface area contributed by atoms with Crippen molar-refractivity contribution in [3.63, 3.8) is 0 Å². The van der Waals surface area contributed by atoms with Gasteiger partial charge in [-0.25, -0.2) is 14.4 Å². The average Bonchev–Trinajstić information content (AvgIpc) is 2.72. The quantitative estimate of drug-likeness (QED) is 0.667. The van der Waals surface area contributed by atoms with Crippen LogP contribution in [0, 0.1) is 5.82 Å². The summed E-state index contributed by atoms with van der Waals surface area (Å²) in [7, 11) is 0. The second-order valence-electron chi connectivity index (χ2n) is 6.78. The van der Waals surface area contributed by atoms with Crippen molar-refractivity contribution < 1.29 is 9.18 Å². The molecule has 2 aromatic carbocycles. The molecule has 0 spiro atoms. The first-order chi connectivity index (χ1) is 13.5. The molecule has 0 aliphatic carbocycles. The molecule has 0 radical (unpaired) electrons. The Morgan fingerprint density at radius 3 is 2.32 bits per heavy atom. The molecule has 0 aliphatic heterocycles. The van der Waals surface area contributed by atoms with Crippen molar-refractivity contribution >= 4 is 11.7 Å². The van der Waals surface area contributed by atoms with Crippen LogP contribution in [0.25, 0.3) is 0 Å². The van der Waals surface area contributed by atoms with Crippen molar-refractivity contribution in [3.05, 3.63) is 89.6 Å². The van der Waals surface area contributed by atoms with Gasteiger partial charge >= 0.3 is 0 Å². The first-order valence-corrected chi connectivity index (χ1v) is 9.18. The lowest BCUT2D eigenvalue weighted by atomic mass is 10.2. The Hall–Kier alpha value is -3.28. The molecule has 6 heteroatoms. The summed E-state index contributed by atoms with van der Waals surface area (Å²) < 4.78 is 13.0. The summed E-state index contributed by atoms with van der Waals surface area (Å²) in [6.07, 6.45) is 3.02. The van der Waals surface area contributed by atoms with Crippen molar-refractivity contribution in [2.24, 2.45) is 0 Å². The predicted molar refractivity (Wildman–Crippen MR) is 107 cm³/mol. The second-order valence-corrected chi connectivity index (χ2v) is 6.78. The number of hydrogen-bond donors (Lipinski definition) is 1. The van der Waals surface area contributed by atoms with E-state index in [0.29, 0.717) is 24.6 Å². The van der Waals surface area contributed by atoms with E-state index in [4.69, 9.17) is 0 Å². The van der Waals surface area contributed by atoms with Gasteiger partial charge in [0.1, 0.15) is 17.3 Å². The summed E-state index contributed by atoms with van der Waals surface area (Å²) in [6, 6.07) is 16.1. The van der Waals surface area contributed by atoms with Gasteiger partial charge in [0.05, 0.1) is 12.4 Å². The molecule has 0 bridgehead atoms. The molecule has 1 aromatic heterocycles. The van der Waals surface area contributed by atoms with E-state index in [2.05, 4.69) is 15.3 Å². The number of nitrogens with one attached hydrogen (secondary N) is 1. The van der Waals surface area contributed by atoms with Crippen LogP contribution in [-0.4, -0.2) is 26.8 Å². The van der Waals surface area contributed by atoms with Crippen molar-refractivity contribution in [2.45, 2.75) is 33.0 Å². The molecule has 1 amide bonds. The molecule has 0 saturated carbocycles. The Morgan fingerprint density at radius 2 is 1.71 bits per heavy atom. The molecule has 3 aromatic rings. The van der Waals surface area contributed by atoms with Crippen LogP contribution in [0.1, 0.15) is 35.5 Å². The minimum atomic E-state index is -0.267. The minimum Gasteiger partial charge on any atom is -0.365 e. The first-order valence-electron chi connectivity index (χ1n) is 9.18. The van der Waals surface area contributed by atoms with Gasteiger partial charge in [0, 0.05) is 19.1 Å². The molecule has 0 saturated heterocycles. The third-order valence-electron chi connectivity index (χ3n) is 4.34. The SMILES string of the molecule is CC(C)N(Cc1ccccc1)C(=O)c1cnc(NCc2ccc(F)cc2)cn1. The highest BCUT2D eigenvalue weighted by Crippen LogP contribution is 2.13. The molecule has 1 N–H and O–H groups in total. The molecule has 5 nitrogen and oxygen atoms in total. The lowest BCUT2D eigenvalue weighted by molar-refractivity contribution is 0.0684.